The van der Waals surface area contributed by atoms with Crippen molar-refractivity contribution in [3.05, 3.63) is 18.2 Å². The van der Waals surface area contributed by atoms with Gasteiger partial charge in [-0.15, -0.1) is 0 Å². The Bertz CT molecular complexity index is 324. The number of carboxylic acids is 1. The number of nitrogens with zero attached hydrogens (tertiary/aromatic N) is 2. The van der Waals surface area contributed by atoms with E-state index in [1.807, 2.05) is 17.8 Å². The van der Waals surface area contributed by atoms with Gasteiger partial charge in [0, 0.05) is 39.0 Å². The Morgan fingerprint density at radius 2 is 2.53 bits per heavy atom. The van der Waals surface area contributed by atoms with E-state index < -0.39 is 12.0 Å². The molecule has 1 aromatic heterocycles. The molecule has 0 aromatic carbocycles. The largest absolute Gasteiger partial charge is 0.480 e. The number of rotatable bonds is 6. The van der Waals surface area contributed by atoms with Gasteiger partial charge in [0.25, 0.3) is 0 Å². The van der Waals surface area contributed by atoms with Crippen molar-refractivity contribution in [2.24, 2.45) is 12.8 Å². The number of nitrogens with one attached hydrogen (secondary N) is 1. The van der Waals surface area contributed by atoms with Gasteiger partial charge in [0.1, 0.15) is 11.9 Å². The first kappa shape index (κ1) is 11.7. The summed E-state index contributed by atoms with van der Waals surface area (Å²) in [6.07, 6.45) is 4.37. The molecule has 0 spiro atoms. The maximum absolute atomic E-state index is 10.4. The number of carboxylic acid groups (broad SMARTS) is 1. The summed E-state index contributed by atoms with van der Waals surface area (Å²) in [4.78, 5) is 14.5. The summed E-state index contributed by atoms with van der Waals surface area (Å²) >= 11 is 0. The smallest absolute Gasteiger partial charge is 0.321 e. The fourth-order valence-electron chi connectivity index (χ4n) is 1.18. The van der Waals surface area contributed by atoms with E-state index in [0.29, 0.717) is 6.54 Å². The van der Waals surface area contributed by atoms with Crippen molar-refractivity contribution in [2.45, 2.75) is 12.5 Å². The molecule has 0 bridgehead atoms. The highest BCUT2D eigenvalue weighted by molar-refractivity contribution is 5.73. The number of nitrogens with two attached hydrogens (primary N) is 1. The predicted molar refractivity (Wildman–Crippen MR) is 55.4 cm³/mol. The molecule has 1 atom stereocenters. The number of aliphatic carboxylic acids is 1. The van der Waals surface area contributed by atoms with E-state index in [2.05, 4.69) is 10.3 Å². The van der Waals surface area contributed by atoms with Crippen LogP contribution in [0.15, 0.2) is 12.4 Å². The first-order valence-corrected chi connectivity index (χ1v) is 4.76. The topological polar surface area (TPSA) is 93.2 Å². The van der Waals surface area contributed by atoms with E-state index in [-0.39, 0.29) is 6.54 Å². The first-order valence-electron chi connectivity index (χ1n) is 4.76. The maximum Gasteiger partial charge on any atom is 0.321 e. The zero-order chi connectivity index (χ0) is 11.3. The molecule has 0 fully saturated rings. The van der Waals surface area contributed by atoms with Crippen LogP contribution in [0.2, 0.25) is 0 Å². The van der Waals surface area contributed by atoms with Gasteiger partial charge in [0.2, 0.25) is 0 Å². The zero-order valence-electron chi connectivity index (χ0n) is 8.68. The normalized spacial score (nSPS) is 12.7. The summed E-state index contributed by atoms with van der Waals surface area (Å²) in [5.74, 6) is -0.0223. The highest BCUT2D eigenvalue weighted by atomic mass is 16.4. The molecule has 6 heteroatoms. The van der Waals surface area contributed by atoms with Crippen molar-refractivity contribution in [1.82, 2.24) is 14.9 Å². The van der Waals surface area contributed by atoms with Gasteiger partial charge in [-0.3, -0.25) is 4.79 Å². The summed E-state index contributed by atoms with van der Waals surface area (Å²) in [6.45, 7) is 0.950. The Labute approximate surface area is 88.1 Å². The second-order valence-electron chi connectivity index (χ2n) is 3.35. The molecule has 1 rings (SSSR count). The zero-order valence-corrected chi connectivity index (χ0v) is 8.68. The van der Waals surface area contributed by atoms with Crippen LogP contribution in [0, 0.1) is 0 Å². The summed E-state index contributed by atoms with van der Waals surface area (Å²) < 4.78 is 1.93. The van der Waals surface area contributed by atoms with Crippen LogP contribution >= 0.6 is 0 Å². The second kappa shape index (κ2) is 5.47. The molecule has 1 aromatic rings. The SMILES string of the molecule is Cn1ccnc1CCNCC(N)C(=O)O. The lowest BCUT2D eigenvalue weighted by molar-refractivity contribution is -0.138. The molecule has 0 aliphatic heterocycles. The molecule has 15 heavy (non-hydrogen) atoms. The Balaban J connectivity index is 2.17. The molecule has 0 amide bonds. The summed E-state index contributed by atoms with van der Waals surface area (Å²) in [5.41, 5.74) is 5.32. The predicted octanol–water partition coefficient (Wildman–Crippen LogP) is -1.04. The second-order valence-corrected chi connectivity index (χ2v) is 3.35. The van der Waals surface area contributed by atoms with Gasteiger partial charge in [-0.25, -0.2) is 4.98 Å². The number of carbonyl (C=O) groups is 1. The van der Waals surface area contributed by atoms with Gasteiger partial charge in [-0.05, 0) is 0 Å². The van der Waals surface area contributed by atoms with E-state index in [1.165, 1.54) is 0 Å². The molecule has 1 heterocycles. The summed E-state index contributed by atoms with van der Waals surface area (Å²) in [5, 5.41) is 11.5. The Hall–Kier alpha value is -1.40. The Kier molecular flexibility index (Phi) is 4.26. The van der Waals surface area contributed by atoms with Gasteiger partial charge in [-0.1, -0.05) is 0 Å². The highest BCUT2D eigenvalue weighted by Crippen LogP contribution is 1.93. The molecule has 6 nitrogen and oxygen atoms in total. The van der Waals surface area contributed by atoms with Crippen LogP contribution in [0.5, 0.6) is 0 Å². The maximum atomic E-state index is 10.4. The van der Waals surface area contributed by atoms with Crippen LogP contribution in [0.3, 0.4) is 0 Å². The molecule has 0 aliphatic carbocycles. The number of aromatic nitrogens is 2. The average Bonchev–Trinajstić information content (AvgIpc) is 2.58. The molecule has 0 radical (unpaired) electrons. The van der Waals surface area contributed by atoms with Crippen molar-refractivity contribution in [3.63, 3.8) is 0 Å². The molecular weight excluding hydrogens is 196 g/mol. The number of imidazole rings is 1. The van der Waals surface area contributed by atoms with Gasteiger partial charge in [0.15, 0.2) is 0 Å². The molecule has 4 N–H and O–H groups in total. The van der Waals surface area contributed by atoms with Crippen LogP contribution in [0.4, 0.5) is 0 Å². The Morgan fingerprint density at radius 3 is 3.07 bits per heavy atom. The minimum atomic E-state index is -0.987. The third-order valence-electron chi connectivity index (χ3n) is 2.13. The van der Waals surface area contributed by atoms with E-state index in [4.69, 9.17) is 10.8 Å². The molecule has 0 saturated carbocycles. The van der Waals surface area contributed by atoms with Crippen molar-refractivity contribution >= 4 is 5.97 Å². The first-order chi connectivity index (χ1) is 7.11. The molecular formula is C9H16N4O2. The van der Waals surface area contributed by atoms with E-state index in [0.717, 1.165) is 12.2 Å². The highest BCUT2D eigenvalue weighted by Gasteiger charge is 2.09. The van der Waals surface area contributed by atoms with Crippen LogP contribution in [-0.2, 0) is 18.3 Å². The number of hydrogen-bond acceptors (Lipinski definition) is 4. The lowest BCUT2D eigenvalue weighted by Crippen LogP contribution is -2.40. The van der Waals surface area contributed by atoms with Crippen molar-refractivity contribution in [1.29, 1.82) is 0 Å². The summed E-state index contributed by atoms with van der Waals surface area (Å²) in [6, 6.07) is -0.841. The molecule has 0 saturated heterocycles. The molecule has 1 unspecified atom stereocenters. The standard InChI is InChI=1S/C9H16N4O2/c1-13-5-4-12-8(13)2-3-11-6-7(10)9(14)15/h4-5,7,11H,2-3,6,10H2,1H3,(H,14,15). The number of aryl methyl sites for hydroxylation is 1. The van der Waals surface area contributed by atoms with Crippen molar-refractivity contribution < 1.29 is 9.90 Å². The van der Waals surface area contributed by atoms with Gasteiger partial charge < -0.3 is 20.7 Å². The lowest BCUT2D eigenvalue weighted by atomic mass is 10.3. The van der Waals surface area contributed by atoms with Gasteiger partial charge in [0.05, 0.1) is 0 Å². The van der Waals surface area contributed by atoms with E-state index in [9.17, 15) is 4.79 Å². The third-order valence-corrected chi connectivity index (χ3v) is 2.13. The Morgan fingerprint density at radius 1 is 1.80 bits per heavy atom. The minimum Gasteiger partial charge on any atom is -0.480 e. The fourth-order valence-corrected chi connectivity index (χ4v) is 1.18. The third kappa shape index (κ3) is 3.69. The van der Waals surface area contributed by atoms with Crippen LogP contribution < -0.4 is 11.1 Å². The van der Waals surface area contributed by atoms with Crippen LogP contribution in [-0.4, -0.2) is 39.8 Å². The average molecular weight is 212 g/mol. The molecule has 84 valence electrons. The van der Waals surface area contributed by atoms with Crippen molar-refractivity contribution in [3.8, 4) is 0 Å². The van der Waals surface area contributed by atoms with Crippen LogP contribution in [0.1, 0.15) is 5.82 Å². The van der Waals surface area contributed by atoms with Gasteiger partial charge >= 0.3 is 5.97 Å². The fraction of sp³-hybridized carbons (Fsp3) is 0.556. The monoisotopic (exact) mass is 212 g/mol. The van der Waals surface area contributed by atoms with Crippen LogP contribution in [0.25, 0.3) is 0 Å². The molecule has 0 aliphatic rings. The van der Waals surface area contributed by atoms with E-state index in [1.54, 1.807) is 6.20 Å². The van der Waals surface area contributed by atoms with E-state index >= 15 is 0 Å². The quantitative estimate of drug-likeness (QED) is 0.524. The van der Waals surface area contributed by atoms with Crippen molar-refractivity contribution in [2.75, 3.05) is 13.1 Å². The summed E-state index contributed by atoms with van der Waals surface area (Å²) in [7, 11) is 1.92. The number of hydrogen-bond donors (Lipinski definition) is 3. The lowest BCUT2D eigenvalue weighted by Gasteiger charge is -2.07. The minimum absolute atomic E-state index is 0.278. The van der Waals surface area contributed by atoms with Gasteiger partial charge in [-0.2, -0.15) is 0 Å².